The van der Waals surface area contributed by atoms with E-state index in [0.717, 1.165) is 29.7 Å². The van der Waals surface area contributed by atoms with Crippen LogP contribution in [0.3, 0.4) is 0 Å². The van der Waals surface area contributed by atoms with E-state index in [2.05, 4.69) is 16.9 Å². The van der Waals surface area contributed by atoms with Crippen molar-refractivity contribution in [2.45, 2.75) is 38.3 Å². The van der Waals surface area contributed by atoms with E-state index < -0.39 is 5.91 Å². The van der Waals surface area contributed by atoms with Crippen LogP contribution in [0.25, 0.3) is 22.6 Å². The number of aromatic nitrogens is 4. The van der Waals surface area contributed by atoms with Crippen molar-refractivity contribution in [2.24, 2.45) is 5.73 Å². The van der Waals surface area contributed by atoms with E-state index in [-0.39, 0.29) is 12.0 Å². The quantitative estimate of drug-likeness (QED) is 0.408. The Hall–Kier alpha value is -3.65. The topological polar surface area (TPSA) is 105 Å². The van der Waals surface area contributed by atoms with E-state index in [0.29, 0.717) is 40.0 Å². The zero-order valence-electron chi connectivity index (χ0n) is 18.9. The minimum atomic E-state index is -0.416. The summed E-state index contributed by atoms with van der Waals surface area (Å²) in [5.41, 5.74) is 8.85. The lowest BCUT2D eigenvalue weighted by molar-refractivity contribution is -0.117. The molecule has 0 saturated heterocycles. The number of primary amides is 1. The first-order chi connectivity index (χ1) is 16.3. The zero-order valence-corrected chi connectivity index (χ0v) is 19.7. The molecule has 8 nitrogen and oxygen atoms in total. The average Bonchev–Trinajstić information content (AvgIpc) is 3.42. The number of rotatable bonds is 8. The van der Waals surface area contributed by atoms with Crippen LogP contribution in [0.5, 0.6) is 11.6 Å². The maximum atomic E-state index is 11.3. The number of hydrogen-bond acceptors (Lipinski definition) is 6. The molecular weight excluding hydrogens is 454 g/mol. The predicted octanol–water partition coefficient (Wildman–Crippen LogP) is 4.16. The average molecular weight is 478 g/mol. The molecule has 0 unspecified atom stereocenters. The summed E-state index contributed by atoms with van der Waals surface area (Å²) in [6.07, 6.45) is 3.57. The molecule has 4 aromatic rings. The van der Waals surface area contributed by atoms with Gasteiger partial charge in [-0.3, -0.25) is 4.79 Å². The van der Waals surface area contributed by atoms with Gasteiger partial charge in [0, 0.05) is 5.56 Å². The monoisotopic (exact) mass is 477 g/mol. The van der Waals surface area contributed by atoms with Gasteiger partial charge in [0.05, 0.1) is 25.1 Å². The molecule has 1 amide bonds. The Morgan fingerprint density at radius 2 is 1.88 bits per heavy atom. The van der Waals surface area contributed by atoms with E-state index in [4.69, 9.17) is 31.8 Å². The third kappa shape index (κ3) is 4.41. The highest BCUT2D eigenvalue weighted by molar-refractivity contribution is 6.33. The van der Waals surface area contributed by atoms with Crippen LogP contribution in [0.15, 0.2) is 48.8 Å². The van der Waals surface area contributed by atoms with Crippen LogP contribution in [0.4, 0.5) is 0 Å². The van der Waals surface area contributed by atoms with E-state index >= 15 is 0 Å². The van der Waals surface area contributed by atoms with Crippen molar-refractivity contribution in [3.05, 3.63) is 64.9 Å². The number of amides is 1. The molecule has 174 valence electrons. The fourth-order valence-electron chi connectivity index (χ4n) is 3.82. The molecule has 2 aromatic carbocycles. The number of nitrogens with two attached hydrogens (primary N) is 1. The number of benzene rings is 2. The van der Waals surface area contributed by atoms with Gasteiger partial charge in [0.1, 0.15) is 23.5 Å². The molecule has 2 N–H and O–H groups in total. The van der Waals surface area contributed by atoms with Crippen molar-refractivity contribution in [2.75, 3.05) is 7.11 Å². The van der Waals surface area contributed by atoms with Crippen molar-refractivity contribution in [1.82, 2.24) is 19.5 Å². The summed E-state index contributed by atoms with van der Waals surface area (Å²) in [6, 6.07) is 13.2. The Balaban J connectivity index is 1.63. The van der Waals surface area contributed by atoms with Crippen LogP contribution in [-0.4, -0.2) is 38.1 Å². The Morgan fingerprint density at radius 3 is 2.53 bits per heavy atom. The Bertz CT molecular complexity index is 1380. The van der Waals surface area contributed by atoms with Gasteiger partial charge in [-0.2, -0.15) is 4.98 Å². The minimum absolute atomic E-state index is 0.115. The first-order valence-electron chi connectivity index (χ1n) is 11.0. The molecule has 0 atom stereocenters. The number of carbonyl (C=O) groups excluding carboxylic acids is 1. The van der Waals surface area contributed by atoms with E-state index in [1.807, 2.05) is 41.0 Å². The van der Waals surface area contributed by atoms with Crippen LogP contribution in [-0.2, 0) is 17.8 Å². The van der Waals surface area contributed by atoms with Crippen molar-refractivity contribution in [3.63, 3.8) is 0 Å². The molecular formula is C25H24ClN5O3. The van der Waals surface area contributed by atoms with Crippen molar-refractivity contribution in [3.8, 4) is 23.0 Å². The fourth-order valence-corrected chi connectivity index (χ4v) is 4.11. The number of nitrogens with zero attached hydrogens (tertiary/aromatic N) is 4. The second kappa shape index (κ2) is 8.61. The first-order valence-corrected chi connectivity index (χ1v) is 11.3. The predicted molar refractivity (Wildman–Crippen MR) is 129 cm³/mol. The second-order valence-electron chi connectivity index (χ2n) is 8.73. The summed E-state index contributed by atoms with van der Waals surface area (Å²) in [7, 11) is 1.64. The highest BCUT2D eigenvalue weighted by Gasteiger charge is 2.41. The lowest BCUT2D eigenvalue weighted by Crippen LogP contribution is -2.13. The highest BCUT2D eigenvalue weighted by Crippen LogP contribution is 2.41. The molecule has 0 bridgehead atoms. The molecule has 2 aromatic heterocycles. The smallest absolute Gasteiger partial charge is 0.245 e. The molecule has 1 aliphatic rings. The molecule has 5 rings (SSSR count). The summed E-state index contributed by atoms with van der Waals surface area (Å²) in [4.78, 5) is 25.1. The Morgan fingerprint density at radius 1 is 1.15 bits per heavy atom. The molecule has 0 aliphatic heterocycles. The summed E-state index contributed by atoms with van der Waals surface area (Å²) >= 11 is 6.66. The van der Waals surface area contributed by atoms with E-state index in [9.17, 15) is 4.79 Å². The molecule has 1 saturated carbocycles. The van der Waals surface area contributed by atoms with Crippen molar-refractivity contribution in [1.29, 1.82) is 0 Å². The SMILES string of the molecule is COc1ccc(Cn2c(-c3ccc(CC(N)=O)cc3Cl)nc3c(OC4(C)CC4)ncnc32)cc1. The summed E-state index contributed by atoms with van der Waals surface area (Å²) < 4.78 is 13.5. The largest absolute Gasteiger partial charge is 0.497 e. The number of halogens is 1. The maximum Gasteiger partial charge on any atom is 0.245 e. The summed E-state index contributed by atoms with van der Waals surface area (Å²) in [5.74, 6) is 1.46. The van der Waals surface area contributed by atoms with E-state index in [1.54, 1.807) is 13.2 Å². The molecule has 34 heavy (non-hydrogen) atoms. The van der Waals surface area contributed by atoms with Crippen LogP contribution in [0.1, 0.15) is 30.9 Å². The molecule has 1 aliphatic carbocycles. The van der Waals surface area contributed by atoms with E-state index in [1.165, 1.54) is 6.33 Å². The molecule has 0 radical (unpaired) electrons. The highest BCUT2D eigenvalue weighted by atomic mass is 35.5. The van der Waals surface area contributed by atoms with Crippen LogP contribution >= 0.6 is 11.6 Å². The van der Waals surface area contributed by atoms with Crippen molar-refractivity contribution >= 4 is 28.7 Å². The molecule has 2 heterocycles. The first kappa shape index (κ1) is 22.2. The lowest BCUT2D eigenvalue weighted by atomic mass is 10.1. The van der Waals surface area contributed by atoms with Gasteiger partial charge in [-0.05, 0) is 55.2 Å². The number of methoxy groups -OCH3 is 1. The lowest BCUT2D eigenvalue weighted by Gasteiger charge is -2.12. The van der Waals surface area contributed by atoms with Gasteiger partial charge in [-0.1, -0.05) is 29.8 Å². The fraction of sp³-hybridized carbons (Fsp3) is 0.280. The van der Waals surface area contributed by atoms with Gasteiger partial charge >= 0.3 is 0 Å². The molecule has 9 heteroatoms. The standard InChI is InChI=1S/C25H24ClN5O3/c1-25(9-10-25)34-24-21-23(28-14-29-24)31(13-15-3-6-17(33-2)7-4-15)22(30-21)18-8-5-16(11-19(18)26)12-20(27)32/h3-8,11,14H,9-10,12-13H2,1-2H3,(H2,27,32). The summed E-state index contributed by atoms with van der Waals surface area (Å²) in [6.45, 7) is 2.56. The third-order valence-electron chi connectivity index (χ3n) is 5.95. The van der Waals surface area contributed by atoms with Gasteiger partial charge < -0.3 is 19.8 Å². The van der Waals surface area contributed by atoms with Gasteiger partial charge in [0.25, 0.3) is 0 Å². The number of imidazole rings is 1. The normalized spacial score (nSPS) is 14.2. The number of hydrogen-bond donors (Lipinski definition) is 1. The Labute approximate surface area is 201 Å². The van der Waals surface area contributed by atoms with Crippen LogP contribution in [0.2, 0.25) is 5.02 Å². The van der Waals surface area contributed by atoms with Crippen LogP contribution in [0, 0.1) is 0 Å². The zero-order chi connectivity index (χ0) is 23.9. The second-order valence-corrected chi connectivity index (χ2v) is 9.14. The summed E-state index contributed by atoms with van der Waals surface area (Å²) in [5, 5.41) is 0.467. The molecule has 0 spiro atoms. The van der Waals surface area contributed by atoms with Gasteiger partial charge in [-0.15, -0.1) is 0 Å². The van der Waals surface area contributed by atoms with Crippen molar-refractivity contribution < 1.29 is 14.3 Å². The Kier molecular flexibility index (Phi) is 5.61. The maximum absolute atomic E-state index is 11.3. The number of carbonyl (C=O) groups is 1. The van der Waals surface area contributed by atoms with Gasteiger partial charge in [0.15, 0.2) is 11.2 Å². The number of ether oxygens (including phenoxy) is 2. The minimum Gasteiger partial charge on any atom is -0.497 e. The number of fused-ring (bicyclic) bond motifs is 1. The van der Waals surface area contributed by atoms with Gasteiger partial charge in [-0.25, -0.2) is 9.97 Å². The molecule has 1 fully saturated rings. The van der Waals surface area contributed by atoms with Crippen LogP contribution < -0.4 is 15.2 Å². The third-order valence-corrected chi connectivity index (χ3v) is 6.26. The van der Waals surface area contributed by atoms with Gasteiger partial charge in [0.2, 0.25) is 11.8 Å².